The summed E-state index contributed by atoms with van der Waals surface area (Å²) in [4.78, 5) is 56.1. The van der Waals surface area contributed by atoms with Gasteiger partial charge >= 0.3 is 6.01 Å². The van der Waals surface area contributed by atoms with Crippen LogP contribution in [0, 0.1) is 54.1 Å². The number of aryl methyl sites for hydroxylation is 1. The summed E-state index contributed by atoms with van der Waals surface area (Å²) < 4.78 is 38.4. The molecule has 2 aromatic heterocycles. The first kappa shape index (κ1) is 41.3. The van der Waals surface area contributed by atoms with E-state index < -0.39 is 23.6 Å². The number of nitrogens with one attached hydrogen (secondary N) is 2. The van der Waals surface area contributed by atoms with E-state index in [1.807, 2.05) is 25.1 Å². The number of fused-ring (bicyclic) bond motifs is 4. The van der Waals surface area contributed by atoms with Crippen molar-refractivity contribution in [1.29, 1.82) is 0 Å². The second kappa shape index (κ2) is 16.5. The first-order chi connectivity index (χ1) is 31.0. The second-order valence-corrected chi connectivity index (χ2v) is 18.0. The highest BCUT2D eigenvalue weighted by molar-refractivity contribution is 6.03. The number of amides is 3. The highest BCUT2D eigenvalue weighted by Gasteiger charge is 2.47. The summed E-state index contributed by atoms with van der Waals surface area (Å²) in [6, 6.07) is 11.3. The Kier molecular flexibility index (Phi) is 10.6. The van der Waals surface area contributed by atoms with Crippen LogP contribution in [0.5, 0.6) is 11.8 Å². The topological polar surface area (TPSA) is 153 Å². The number of terminal acetylenes is 1. The normalized spacial score (nSPS) is 21.5. The number of imide groups is 1. The molecule has 15 heteroatoms. The fourth-order valence-corrected chi connectivity index (χ4v) is 9.77. The number of carbonyl (C=O) groups is 3. The Morgan fingerprint density at radius 2 is 1.84 bits per heavy atom. The van der Waals surface area contributed by atoms with Crippen molar-refractivity contribution < 1.29 is 33.0 Å². The lowest BCUT2D eigenvalue weighted by Gasteiger charge is -2.38. The smallest absolute Gasteiger partial charge is 0.319 e. The Hall–Kier alpha value is -6.68. The van der Waals surface area contributed by atoms with E-state index >= 15 is 4.39 Å². The van der Waals surface area contributed by atoms with Crippen LogP contribution in [-0.2, 0) is 20.9 Å². The fourth-order valence-electron chi connectivity index (χ4n) is 9.77. The third-order valence-corrected chi connectivity index (χ3v) is 13.5. The lowest BCUT2D eigenvalue weighted by molar-refractivity contribution is -0.141. The van der Waals surface area contributed by atoms with Crippen LogP contribution in [0.3, 0.4) is 0 Å². The summed E-state index contributed by atoms with van der Waals surface area (Å²) in [6.07, 6.45) is 12.4. The number of anilines is 1. The van der Waals surface area contributed by atoms with Crippen molar-refractivity contribution in [3.05, 3.63) is 82.5 Å². The van der Waals surface area contributed by atoms with Gasteiger partial charge in [0.15, 0.2) is 5.82 Å². The SMILES string of the molecule is C#Cc1c(F)ccc2cc(O)cc(-c3ncc4c(N5CC6CCC(C5)N6)nc(OCC5(CN6CC(C#Cc7ccc(C)c(CN(C=O)C8CCC(=O)NC8=O)c7)C6)CC5)nc4c3F)c12. The number of aromatic hydroxyl groups is 1. The van der Waals surface area contributed by atoms with E-state index in [-0.39, 0.29) is 81.8 Å². The van der Waals surface area contributed by atoms with Gasteiger partial charge in [0.25, 0.3) is 0 Å². The molecule has 0 spiro atoms. The third kappa shape index (κ3) is 7.95. The van der Waals surface area contributed by atoms with E-state index in [4.69, 9.17) is 16.1 Å². The number of nitrogens with zero attached hydrogens (tertiary/aromatic N) is 6. The molecule has 3 unspecified atom stereocenters. The average Bonchev–Trinajstić information content (AvgIpc) is 3.96. The van der Waals surface area contributed by atoms with Gasteiger partial charge in [0.05, 0.1) is 17.6 Å². The number of phenolic OH excluding ortho intramolecular Hbond substituents is 1. The summed E-state index contributed by atoms with van der Waals surface area (Å²) in [6.45, 7) is 6.33. The molecule has 6 heterocycles. The molecule has 3 aromatic carbocycles. The largest absolute Gasteiger partial charge is 0.508 e. The zero-order valence-electron chi connectivity index (χ0n) is 35.3. The molecule has 1 aliphatic carbocycles. The molecule has 13 nitrogen and oxygen atoms in total. The van der Waals surface area contributed by atoms with E-state index in [9.17, 15) is 23.9 Å². The summed E-state index contributed by atoms with van der Waals surface area (Å²) in [5.74, 6) is 7.51. The molecule has 4 saturated heterocycles. The molecule has 64 heavy (non-hydrogen) atoms. The highest BCUT2D eigenvalue weighted by Crippen LogP contribution is 2.48. The van der Waals surface area contributed by atoms with Crippen LogP contribution in [0.2, 0.25) is 0 Å². The maximum absolute atomic E-state index is 17.0. The average molecular weight is 865 g/mol. The van der Waals surface area contributed by atoms with Crippen LogP contribution in [0.25, 0.3) is 32.9 Å². The number of piperazine rings is 1. The number of halogens is 2. The minimum atomic E-state index is -0.755. The number of hydrogen-bond acceptors (Lipinski definition) is 11. The number of likely N-dealkylation sites (tertiary alicyclic amines) is 1. The number of rotatable bonds is 11. The lowest BCUT2D eigenvalue weighted by Crippen LogP contribution is -2.51. The Labute approximate surface area is 368 Å². The third-order valence-electron chi connectivity index (χ3n) is 13.5. The molecule has 5 aliphatic rings. The fraction of sp³-hybridized carbons (Fsp3) is 0.388. The first-order valence-electron chi connectivity index (χ1n) is 21.8. The molecule has 4 aliphatic heterocycles. The number of phenols is 1. The van der Waals surface area contributed by atoms with Crippen molar-refractivity contribution in [2.75, 3.05) is 44.2 Å². The van der Waals surface area contributed by atoms with Gasteiger partial charge in [-0.15, -0.1) is 6.42 Å². The molecule has 3 N–H and O–H groups in total. The summed E-state index contributed by atoms with van der Waals surface area (Å²) >= 11 is 0. The molecular formula is C49H46F2N8O5. The molecule has 2 bridgehead atoms. The zero-order chi connectivity index (χ0) is 44.3. The van der Waals surface area contributed by atoms with Crippen molar-refractivity contribution in [3.63, 3.8) is 0 Å². The number of ether oxygens (including phenoxy) is 1. The molecule has 0 radical (unpaired) electrons. The van der Waals surface area contributed by atoms with Crippen molar-refractivity contribution in [2.24, 2.45) is 11.3 Å². The second-order valence-electron chi connectivity index (χ2n) is 18.0. The van der Waals surface area contributed by atoms with E-state index in [0.717, 1.165) is 62.0 Å². The first-order valence-corrected chi connectivity index (χ1v) is 21.8. The van der Waals surface area contributed by atoms with Crippen LogP contribution < -0.4 is 20.3 Å². The van der Waals surface area contributed by atoms with Gasteiger partial charge in [-0.2, -0.15) is 9.97 Å². The molecule has 326 valence electrons. The van der Waals surface area contributed by atoms with Gasteiger partial charge in [-0.3, -0.25) is 24.7 Å². The maximum atomic E-state index is 17.0. The monoisotopic (exact) mass is 864 g/mol. The Bertz CT molecular complexity index is 2850. The standard InChI is InChI=1S/C49H46F2N8O5/c1-3-36-39(50)11-8-31-17-35(61)18-37(42(31)36)44-43(51)45-38(19-52-44)46(58-23-33-9-10-34(24-58)53-33)56-48(55-45)64-26-49(14-15-49)25-57-20-30(21-57)7-6-29-5-4-28(2)32(16-29)22-59(27-60)40-12-13-41(62)54-47(40)63/h1,4-5,8,11,16-19,27,30,33-34,40,53,61H,9-10,12-15,20-26H2,2H3,(H,54,62,63). The van der Waals surface area contributed by atoms with Crippen LogP contribution >= 0.6 is 0 Å². The zero-order valence-corrected chi connectivity index (χ0v) is 35.3. The van der Waals surface area contributed by atoms with Crippen LogP contribution in [0.15, 0.2) is 48.7 Å². The molecule has 5 fully saturated rings. The lowest BCUT2D eigenvalue weighted by atomic mass is 9.96. The van der Waals surface area contributed by atoms with Crippen molar-refractivity contribution in [2.45, 2.75) is 70.1 Å². The van der Waals surface area contributed by atoms with E-state index in [1.165, 1.54) is 35.4 Å². The minimum Gasteiger partial charge on any atom is -0.508 e. The molecule has 10 rings (SSSR count). The minimum absolute atomic E-state index is 0.0103. The predicted molar refractivity (Wildman–Crippen MR) is 235 cm³/mol. The van der Waals surface area contributed by atoms with Gasteiger partial charge < -0.3 is 29.9 Å². The Morgan fingerprint density at radius 3 is 2.58 bits per heavy atom. The number of pyridine rings is 1. The molecule has 5 aromatic rings. The molecule has 3 atom stereocenters. The van der Waals surface area contributed by atoms with Gasteiger partial charge in [-0.25, -0.2) is 8.78 Å². The van der Waals surface area contributed by atoms with Crippen LogP contribution in [0.1, 0.15) is 60.8 Å². The molecule has 1 saturated carbocycles. The molecule has 3 amide bonds. The van der Waals surface area contributed by atoms with Gasteiger partial charge in [0.1, 0.15) is 34.6 Å². The Morgan fingerprint density at radius 1 is 1.05 bits per heavy atom. The highest BCUT2D eigenvalue weighted by atomic mass is 19.1. The van der Waals surface area contributed by atoms with Gasteiger partial charge in [0, 0.05) is 91.8 Å². The van der Waals surface area contributed by atoms with Gasteiger partial charge in [-0.05, 0) is 85.9 Å². The van der Waals surface area contributed by atoms with Gasteiger partial charge in [-0.1, -0.05) is 29.9 Å². The van der Waals surface area contributed by atoms with E-state index in [2.05, 4.69) is 48.2 Å². The summed E-state index contributed by atoms with van der Waals surface area (Å²) in [5, 5.41) is 17.7. The number of piperidine rings is 1. The van der Waals surface area contributed by atoms with Gasteiger partial charge in [0.2, 0.25) is 18.2 Å². The van der Waals surface area contributed by atoms with Crippen LogP contribution in [-0.4, -0.2) is 106 Å². The summed E-state index contributed by atoms with van der Waals surface area (Å²) in [5.41, 5.74) is 2.55. The number of carbonyl (C=O) groups excluding carboxylic acids is 3. The van der Waals surface area contributed by atoms with Crippen molar-refractivity contribution >= 4 is 45.7 Å². The number of aromatic nitrogens is 3. The number of benzene rings is 3. The quantitative estimate of drug-likeness (QED) is 0.0939. The van der Waals surface area contributed by atoms with Crippen molar-refractivity contribution in [3.8, 4) is 47.2 Å². The summed E-state index contributed by atoms with van der Waals surface area (Å²) in [7, 11) is 0. The molecular weight excluding hydrogens is 819 g/mol. The predicted octanol–water partition coefficient (Wildman–Crippen LogP) is 4.97. The Balaban J connectivity index is 0.849. The van der Waals surface area contributed by atoms with Crippen molar-refractivity contribution in [1.82, 2.24) is 35.4 Å². The number of hydrogen-bond donors (Lipinski definition) is 3. The van der Waals surface area contributed by atoms with E-state index in [0.29, 0.717) is 49.1 Å². The van der Waals surface area contributed by atoms with Crippen LogP contribution in [0.4, 0.5) is 14.6 Å². The van der Waals surface area contributed by atoms with E-state index in [1.54, 1.807) is 0 Å². The maximum Gasteiger partial charge on any atom is 0.319 e.